The molecule has 0 amide bonds. The summed E-state index contributed by atoms with van der Waals surface area (Å²) in [5.41, 5.74) is 5.30. The van der Waals surface area contributed by atoms with Gasteiger partial charge in [-0.1, -0.05) is 6.42 Å². The fraction of sp³-hybridized carbons (Fsp3) is 0.857. The lowest BCUT2D eigenvalue weighted by molar-refractivity contribution is 0.117. The molecule has 4 N–H and O–H groups in total. The maximum absolute atomic E-state index is 9.18. The monoisotopic (exact) mass is 142 g/mol. The molecule has 2 unspecified atom stereocenters. The van der Waals surface area contributed by atoms with Crippen LogP contribution in [0.4, 0.5) is 0 Å². The number of rotatable bonds is 1. The van der Waals surface area contributed by atoms with Gasteiger partial charge in [0.25, 0.3) is 0 Å². The highest BCUT2D eigenvalue weighted by Crippen LogP contribution is 2.23. The van der Waals surface area contributed by atoms with E-state index < -0.39 is 0 Å². The van der Waals surface area contributed by atoms with E-state index in [1.807, 2.05) is 0 Å². The van der Waals surface area contributed by atoms with Crippen LogP contribution in [0.2, 0.25) is 0 Å². The Balaban J connectivity index is 2.39. The molecular formula is C7H14N2O. The Kier molecular flexibility index (Phi) is 2.27. The van der Waals surface area contributed by atoms with Gasteiger partial charge in [0.1, 0.15) is 0 Å². The highest BCUT2D eigenvalue weighted by molar-refractivity contribution is 5.79. The molecule has 2 atom stereocenters. The van der Waals surface area contributed by atoms with Gasteiger partial charge < -0.3 is 10.8 Å². The second kappa shape index (κ2) is 3.01. The summed E-state index contributed by atoms with van der Waals surface area (Å²) in [6.45, 7) is 0. The van der Waals surface area contributed by atoms with Crippen molar-refractivity contribution in [2.75, 3.05) is 0 Å². The van der Waals surface area contributed by atoms with E-state index in [1.54, 1.807) is 0 Å². The molecule has 0 spiro atoms. The first-order chi connectivity index (χ1) is 4.70. The van der Waals surface area contributed by atoms with Crippen LogP contribution >= 0.6 is 0 Å². The molecule has 3 nitrogen and oxygen atoms in total. The topological polar surface area (TPSA) is 70.1 Å². The van der Waals surface area contributed by atoms with Crippen molar-refractivity contribution in [3.05, 3.63) is 0 Å². The number of hydrogen-bond donors (Lipinski definition) is 3. The smallest absolute Gasteiger partial charge is 0.0937 e. The zero-order valence-corrected chi connectivity index (χ0v) is 6.01. The van der Waals surface area contributed by atoms with Crippen LogP contribution in [0.1, 0.15) is 25.7 Å². The van der Waals surface area contributed by atoms with Gasteiger partial charge in [-0.2, -0.15) is 0 Å². The molecule has 10 heavy (non-hydrogen) atoms. The summed E-state index contributed by atoms with van der Waals surface area (Å²) in [6, 6.07) is 0. The second-order valence-corrected chi connectivity index (χ2v) is 2.97. The molecule has 1 rings (SSSR count). The Hall–Kier alpha value is -0.570. The fourth-order valence-electron chi connectivity index (χ4n) is 1.45. The Morgan fingerprint density at radius 1 is 1.50 bits per heavy atom. The number of amidine groups is 1. The molecule has 0 aromatic heterocycles. The van der Waals surface area contributed by atoms with Crippen molar-refractivity contribution in [2.45, 2.75) is 31.8 Å². The Bertz CT molecular complexity index is 136. The second-order valence-electron chi connectivity index (χ2n) is 2.97. The average molecular weight is 142 g/mol. The van der Waals surface area contributed by atoms with Gasteiger partial charge in [0.15, 0.2) is 0 Å². The predicted octanol–water partition coefficient (Wildman–Crippen LogP) is 0.473. The quantitative estimate of drug-likeness (QED) is 0.368. The first-order valence-electron chi connectivity index (χ1n) is 3.72. The average Bonchev–Trinajstić information content (AvgIpc) is 1.88. The van der Waals surface area contributed by atoms with E-state index in [4.69, 9.17) is 11.1 Å². The molecular weight excluding hydrogens is 128 g/mol. The summed E-state index contributed by atoms with van der Waals surface area (Å²) < 4.78 is 0. The van der Waals surface area contributed by atoms with Crippen molar-refractivity contribution >= 4 is 5.84 Å². The Labute approximate surface area is 60.7 Å². The van der Waals surface area contributed by atoms with Gasteiger partial charge in [-0.3, -0.25) is 5.41 Å². The van der Waals surface area contributed by atoms with Crippen LogP contribution in [-0.2, 0) is 0 Å². The van der Waals surface area contributed by atoms with Gasteiger partial charge >= 0.3 is 0 Å². The Morgan fingerprint density at radius 3 is 2.60 bits per heavy atom. The van der Waals surface area contributed by atoms with Crippen molar-refractivity contribution in [3.8, 4) is 0 Å². The van der Waals surface area contributed by atoms with Crippen LogP contribution in [0, 0.1) is 11.3 Å². The summed E-state index contributed by atoms with van der Waals surface area (Å²) in [5.74, 6) is 0.377. The van der Waals surface area contributed by atoms with E-state index in [9.17, 15) is 5.11 Å². The fourth-order valence-corrected chi connectivity index (χ4v) is 1.45. The molecule has 0 bridgehead atoms. The predicted molar refractivity (Wildman–Crippen MR) is 39.9 cm³/mol. The van der Waals surface area contributed by atoms with Gasteiger partial charge in [-0.25, -0.2) is 0 Å². The summed E-state index contributed by atoms with van der Waals surface area (Å²) >= 11 is 0. The first-order valence-corrected chi connectivity index (χ1v) is 3.72. The number of aliphatic hydroxyl groups is 1. The maximum Gasteiger partial charge on any atom is 0.0937 e. The van der Waals surface area contributed by atoms with Gasteiger partial charge in [-0.05, 0) is 19.3 Å². The third-order valence-corrected chi connectivity index (χ3v) is 2.09. The molecule has 0 heterocycles. The minimum atomic E-state index is -0.220. The lowest BCUT2D eigenvalue weighted by Gasteiger charge is -2.24. The highest BCUT2D eigenvalue weighted by atomic mass is 16.3. The first kappa shape index (κ1) is 7.54. The van der Waals surface area contributed by atoms with E-state index in [2.05, 4.69) is 0 Å². The summed E-state index contributed by atoms with van der Waals surface area (Å²) in [5, 5.41) is 16.3. The molecule has 58 valence electrons. The Morgan fingerprint density at radius 2 is 2.20 bits per heavy atom. The van der Waals surface area contributed by atoms with Crippen molar-refractivity contribution in [2.24, 2.45) is 11.7 Å². The van der Waals surface area contributed by atoms with Crippen molar-refractivity contribution in [1.82, 2.24) is 0 Å². The zero-order chi connectivity index (χ0) is 7.56. The molecule has 0 aliphatic heterocycles. The highest BCUT2D eigenvalue weighted by Gasteiger charge is 2.21. The van der Waals surface area contributed by atoms with E-state index in [-0.39, 0.29) is 17.9 Å². The van der Waals surface area contributed by atoms with Gasteiger partial charge in [0.05, 0.1) is 11.9 Å². The molecule has 0 aromatic carbocycles. The third-order valence-electron chi connectivity index (χ3n) is 2.09. The molecule has 1 fully saturated rings. The van der Waals surface area contributed by atoms with Crippen molar-refractivity contribution in [3.63, 3.8) is 0 Å². The maximum atomic E-state index is 9.18. The number of hydrogen-bond acceptors (Lipinski definition) is 2. The van der Waals surface area contributed by atoms with Crippen LogP contribution < -0.4 is 5.73 Å². The molecule has 1 aliphatic rings. The van der Waals surface area contributed by atoms with Crippen molar-refractivity contribution < 1.29 is 5.11 Å². The molecule has 0 radical (unpaired) electrons. The number of nitrogens with two attached hydrogens (primary N) is 1. The standard InChI is InChI=1S/C7H14N2O/c8-7(9)5-2-1-3-6(10)4-5/h5-6,10H,1-4H2,(H3,8,9). The van der Waals surface area contributed by atoms with Crippen LogP contribution in [0.15, 0.2) is 0 Å². The van der Waals surface area contributed by atoms with Crippen LogP contribution in [0.25, 0.3) is 0 Å². The van der Waals surface area contributed by atoms with Crippen LogP contribution in [0.3, 0.4) is 0 Å². The lowest BCUT2D eigenvalue weighted by atomic mass is 9.87. The largest absolute Gasteiger partial charge is 0.393 e. The number of aliphatic hydroxyl groups excluding tert-OH is 1. The molecule has 3 heteroatoms. The molecule has 0 aromatic rings. The summed E-state index contributed by atoms with van der Waals surface area (Å²) in [7, 11) is 0. The van der Waals surface area contributed by atoms with Crippen molar-refractivity contribution in [1.29, 1.82) is 5.41 Å². The van der Waals surface area contributed by atoms with E-state index in [0.29, 0.717) is 6.42 Å². The van der Waals surface area contributed by atoms with Crippen LogP contribution in [0.5, 0.6) is 0 Å². The zero-order valence-electron chi connectivity index (χ0n) is 6.01. The summed E-state index contributed by atoms with van der Waals surface area (Å²) in [6.07, 6.45) is 3.33. The minimum absolute atomic E-state index is 0.142. The lowest BCUT2D eigenvalue weighted by Crippen LogP contribution is -2.29. The molecule has 0 saturated heterocycles. The molecule has 1 aliphatic carbocycles. The van der Waals surface area contributed by atoms with E-state index in [1.165, 1.54) is 0 Å². The van der Waals surface area contributed by atoms with E-state index >= 15 is 0 Å². The van der Waals surface area contributed by atoms with E-state index in [0.717, 1.165) is 19.3 Å². The van der Waals surface area contributed by atoms with Gasteiger partial charge in [0, 0.05) is 5.92 Å². The number of nitrogens with one attached hydrogen (secondary N) is 1. The minimum Gasteiger partial charge on any atom is -0.393 e. The SMILES string of the molecule is N=C(N)C1CCCC(O)C1. The van der Waals surface area contributed by atoms with Gasteiger partial charge in [0.2, 0.25) is 0 Å². The van der Waals surface area contributed by atoms with Crippen LogP contribution in [-0.4, -0.2) is 17.0 Å². The molecule has 1 saturated carbocycles. The third kappa shape index (κ3) is 1.70. The summed E-state index contributed by atoms with van der Waals surface area (Å²) in [4.78, 5) is 0. The normalized spacial score (nSPS) is 33.7. The van der Waals surface area contributed by atoms with Gasteiger partial charge in [-0.15, -0.1) is 0 Å².